The molecule has 0 aliphatic rings. The van der Waals surface area contributed by atoms with Crippen LogP contribution in [0, 0.1) is 11.8 Å². The maximum Gasteiger partial charge on any atom is 0.0709 e. The normalized spacial score (nSPS) is 13.1. The Labute approximate surface area is 70.5 Å². The minimum atomic E-state index is -0.200. The van der Waals surface area contributed by atoms with E-state index in [1.807, 2.05) is 0 Å². The average molecular weight is 158 g/mol. The van der Waals surface area contributed by atoms with E-state index in [1.165, 1.54) is 0 Å². The smallest absolute Gasteiger partial charge is 0.0709 e. The van der Waals surface area contributed by atoms with Crippen LogP contribution in [0.15, 0.2) is 0 Å². The predicted octanol–water partition coefficient (Wildman–Crippen LogP) is 1.56. The quantitative estimate of drug-likeness (QED) is 0.609. The van der Waals surface area contributed by atoms with Crippen molar-refractivity contribution >= 4 is 0 Å². The Balaban J connectivity index is 4.26. The summed E-state index contributed by atoms with van der Waals surface area (Å²) in [6.07, 6.45) is 0. The van der Waals surface area contributed by atoms with Crippen LogP contribution in [0.25, 0.3) is 0 Å². The second-order valence-electron chi connectivity index (χ2n) is 3.77. The average Bonchev–Trinajstić information content (AvgIpc) is 1.87. The first-order chi connectivity index (χ1) is 4.95. The summed E-state index contributed by atoms with van der Waals surface area (Å²) >= 11 is 0. The molecule has 0 rings (SSSR count). The predicted molar refractivity (Wildman–Crippen MR) is 50.3 cm³/mol. The van der Waals surface area contributed by atoms with Crippen LogP contribution in [-0.2, 0) is 0 Å². The van der Waals surface area contributed by atoms with Gasteiger partial charge < -0.3 is 5.73 Å². The molecule has 0 saturated carbocycles. The van der Waals surface area contributed by atoms with Crippen molar-refractivity contribution in [2.75, 3.05) is 6.54 Å². The lowest BCUT2D eigenvalue weighted by Gasteiger charge is -2.38. The molecule has 2 nitrogen and oxygen atoms in total. The highest BCUT2D eigenvalue weighted by atomic mass is 15.1. The first kappa shape index (κ1) is 10.9. The monoisotopic (exact) mass is 158 g/mol. The van der Waals surface area contributed by atoms with E-state index in [1.54, 1.807) is 0 Å². The van der Waals surface area contributed by atoms with Crippen LogP contribution in [-0.4, -0.2) is 12.2 Å². The number of nitrogens with two attached hydrogens (primary N) is 1. The van der Waals surface area contributed by atoms with Crippen molar-refractivity contribution in [2.24, 2.45) is 17.6 Å². The molecule has 0 fully saturated rings. The highest BCUT2D eigenvalue weighted by Crippen LogP contribution is 2.19. The molecular weight excluding hydrogens is 136 g/mol. The molecule has 0 aromatic carbocycles. The Morgan fingerprint density at radius 2 is 1.55 bits per heavy atom. The molecule has 0 atom stereocenters. The molecule has 0 aliphatic carbocycles. The van der Waals surface area contributed by atoms with E-state index >= 15 is 0 Å². The largest absolute Gasteiger partial charge is 0.313 e. The molecule has 0 radical (unpaired) electrons. The van der Waals surface area contributed by atoms with E-state index in [-0.39, 0.29) is 5.66 Å². The van der Waals surface area contributed by atoms with Gasteiger partial charge >= 0.3 is 0 Å². The molecule has 3 N–H and O–H groups in total. The number of rotatable bonds is 4. The van der Waals surface area contributed by atoms with Gasteiger partial charge in [0.25, 0.3) is 0 Å². The van der Waals surface area contributed by atoms with Crippen molar-refractivity contribution in [3.05, 3.63) is 0 Å². The first-order valence-corrected chi connectivity index (χ1v) is 4.49. The SMILES string of the molecule is CCNC(N)(C(C)C)C(C)C. The third kappa shape index (κ3) is 2.46. The summed E-state index contributed by atoms with van der Waals surface area (Å²) in [5, 5.41) is 3.34. The summed E-state index contributed by atoms with van der Waals surface area (Å²) in [5.74, 6) is 0.949. The first-order valence-electron chi connectivity index (χ1n) is 4.49. The summed E-state index contributed by atoms with van der Waals surface area (Å²) < 4.78 is 0. The number of hydrogen-bond donors (Lipinski definition) is 2. The fourth-order valence-electron chi connectivity index (χ4n) is 1.38. The topological polar surface area (TPSA) is 38.0 Å². The molecule has 0 aromatic heterocycles. The molecule has 0 aliphatic heterocycles. The molecule has 0 spiro atoms. The molecule has 0 amide bonds. The Bertz CT molecular complexity index is 100. The minimum Gasteiger partial charge on any atom is -0.313 e. The van der Waals surface area contributed by atoms with Crippen molar-refractivity contribution in [2.45, 2.75) is 40.3 Å². The highest BCUT2D eigenvalue weighted by molar-refractivity contribution is 4.87. The third-order valence-corrected chi connectivity index (χ3v) is 2.39. The van der Waals surface area contributed by atoms with Crippen molar-refractivity contribution in [3.8, 4) is 0 Å². The summed E-state index contributed by atoms with van der Waals surface area (Å²) in [6.45, 7) is 11.6. The number of hydrogen-bond acceptors (Lipinski definition) is 2. The van der Waals surface area contributed by atoms with E-state index in [2.05, 4.69) is 39.9 Å². The van der Waals surface area contributed by atoms with E-state index in [9.17, 15) is 0 Å². The summed E-state index contributed by atoms with van der Waals surface area (Å²) in [4.78, 5) is 0. The lowest BCUT2D eigenvalue weighted by Crippen LogP contribution is -2.61. The second kappa shape index (κ2) is 4.07. The van der Waals surface area contributed by atoms with Crippen molar-refractivity contribution in [3.63, 3.8) is 0 Å². The van der Waals surface area contributed by atoms with Gasteiger partial charge in [-0.15, -0.1) is 0 Å². The third-order valence-electron chi connectivity index (χ3n) is 2.39. The molecule has 2 heteroatoms. The molecule has 0 aromatic rings. The number of nitrogens with one attached hydrogen (secondary N) is 1. The van der Waals surface area contributed by atoms with Crippen molar-refractivity contribution in [1.29, 1.82) is 0 Å². The second-order valence-corrected chi connectivity index (χ2v) is 3.77. The lowest BCUT2D eigenvalue weighted by molar-refractivity contribution is 0.175. The van der Waals surface area contributed by atoms with Gasteiger partial charge in [0.1, 0.15) is 0 Å². The van der Waals surface area contributed by atoms with Gasteiger partial charge in [-0.2, -0.15) is 0 Å². The van der Waals surface area contributed by atoms with Crippen LogP contribution < -0.4 is 11.1 Å². The molecule has 0 bridgehead atoms. The molecule has 0 heterocycles. The van der Waals surface area contributed by atoms with E-state index < -0.39 is 0 Å². The summed E-state index contributed by atoms with van der Waals surface area (Å²) in [6, 6.07) is 0. The van der Waals surface area contributed by atoms with Gasteiger partial charge in [-0.3, -0.25) is 5.32 Å². The zero-order valence-corrected chi connectivity index (χ0v) is 8.44. The van der Waals surface area contributed by atoms with Gasteiger partial charge in [0.15, 0.2) is 0 Å². The van der Waals surface area contributed by atoms with Gasteiger partial charge in [0.2, 0.25) is 0 Å². The lowest BCUT2D eigenvalue weighted by atomic mass is 9.86. The van der Waals surface area contributed by atoms with Gasteiger partial charge in [0.05, 0.1) is 5.66 Å². The standard InChI is InChI=1S/C9H22N2/c1-6-11-9(10,7(2)3)8(4)5/h7-8,11H,6,10H2,1-5H3. The fraction of sp³-hybridized carbons (Fsp3) is 1.00. The maximum absolute atomic E-state index is 6.18. The molecular formula is C9H22N2. The Morgan fingerprint density at radius 1 is 1.18 bits per heavy atom. The van der Waals surface area contributed by atoms with Gasteiger partial charge in [-0.1, -0.05) is 34.6 Å². The van der Waals surface area contributed by atoms with Crippen LogP contribution in [0.3, 0.4) is 0 Å². The van der Waals surface area contributed by atoms with Gasteiger partial charge in [-0.25, -0.2) is 0 Å². The van der Waals surface area contributed by atoms with Crippen LogP contribution in [0.1, 0.15) is 34.6 Å². The van der Waals surface area contributed by atoms with Crippen molar-refractivity contribution in [1.82, 2.24) is 5.32 Å². The van der Waals surface area contributed by atoms with E-state index in [0.717, 1.165) is 6.54 Å². The zero-order valence-electron chi connectivity index (χ0n) is 8.44. The van der Waals surface area contributed by atoms with Crippen LogP contribution in [0.4, 0.5) is 0 Å². The van der Waals surface area contributed by atoms with Crippen LogP contribution >= 0.6 is 0 Å². The molecule has 68 valence electrons. The summed E-state index contributed by atoms with van der Waals surface area (Å²) in [7, 11) is 0. The van der Waals surface area contributed by atoms with Gasteiger partial charge in [0, 0.05) is 0 Å². The molecule has 0 unspecified atom stereocenters. The van der Waals surface area contributed by atoms with E-state index in [4.69, 9.17) is 5.73 Å². The maximum atomic E-state index is 6.18. The Kier molecular flexibility index (Phi) is 4.04. The molecule has 0 saturated heterocycles. The summed E-state index contributed by atoms with van der Waals surface area (Å²) in [5.41, 5.74) is 5.98. The Morgan fingerprint density at radius 3 is 1.64 bits per heavy atom. The van der Waals surface area contributed by atoms with E-state index in [0.29, 0.717) is 11.8 Å². The minimum absolute atomic E-state index is 0.200. The fourth-order valence-corrected chi connectivity index (χ4v) is 1.38. The van der Waals surface area contributed by atoms with Gasteiger partial charge in [-0.05, 0) is 18.4 Å². The van der Waals surface area contributed by atoms with Crippen molar-refractivity contribution < 1.29 is 0 Å². The zero-order chi connectivity index (χ0) is 9.07. The Hall–Kier alpha value is -0.0800. The van der Waals surface area contributed by atoms with Crippen LogP contribution in [0.5, 0.6) is 0 Å². The molecule has 11 heavy (non-hydrogen) atoms. The highest BCUT2D eigenvalue weighted by Gasteiger charge is 2.30. The van der Waals surface area contributed by atoms with Crippen LogP contribution in [0.2, 0.25) is 0 Å².